The Bertz CT molecular complexity index is 255. The lowest BCUT2D eigenvalue weighted by molar-refractivity contribution is -0.143. The molecule has 0 aromatic rings. The maximum absolute atomic E-state index is 11.6. The maximum Gasteiger partial charge on any atom is 0.322 e. The van der Waals surface area contributed by atoms with E-state index in [0.29, 0.717) is 5.92 Å². The standard InChI is InChI=1S/C14H28N2O3/c1-4-15-13(14(17)18-3)7-8-16(2)10-12-6-5-9-19-11-12/h12-13,15H,4-11H2,1-3H3. The fourth-order valence-corrected chi connectivity index (χ4v) is 2.52. The van der Waals surface area contributed by atoms with Gasteiger partial charge in [-0.15, -0.1) is 0 Å². The third kappa shape index (κ3) is 6.36. The van der Waals surface area contributed by atoms with Crippen molar-refractivity contribution >= 4 is 5.97 Å². The lowest BCUT2D eigenvalue weighted by atomic mass is 10.0. The number of nitrogens with zero attached hydrogens (tertiary/aromatic N) is 1. The number of carbonyl (C=O) groups is 1. The average molecular weight is 272 g/mol. The highest BCUT2D eigenvalue weighted by atomic mass is 16.5. The van der Waals surface area contributed by atoms with Gasteiger partial charge in [-0.1, -0.05) is 6.92 Å². The van der Waals surface area contributed by atoms with Crippen LogP contribution in [0.25, 0.3) is 0 Å². The maximum atomic E-state index is 11.6. The molecule has 1 aliphatic rings. The monoisotopic (exact) mass is 272 g/mol. The lowest BCUT2D eigenvalue weighted by Crippen LogP contribution is -2.41. The van der Waals surface area contributed by atoms with Crippen molar-refractivity contribution in [1.82, 2.24) is 10.2 Å². The third-order valence-corrected chi connectivity index (χ3v) is 3.56. The highest BCUT2D eigenvalue weighted by Crippen LogP contribution is 2.14. The van der Waals surface area contributed by atoms with E-state index in [4.69, 9.17) is 9.47 Å². The predicted octanol–water partition coefficient (Wildman–Crippen LogP) is 0.886. The first-order valence-electron chi connectivity index (χ1n) is 7.24. The predicted molar refractivity (Wildman–Crippen MR) is 75.1 cm³/mol. The van der Waals surface area contributed by atoms with E-state index in [1.807, 2.05) is 6.92 Å². The molecular weight excluding hydrogens is 244 g/mol. The number of nitrogens with one attached hydrogen (secondary N) is 1. The number of hydrogen-bond donors (Lipinski definition) is 1. The molecule has 2 unspecified atom stereocenters. The van der Waals surface area contributed by atoms with Crippen LogP contribution in [0.1, 0.15) is 26.2 Å². The SMILES string of the molecule is CCNC(CCN(C)CC1CCCOC1)C(=O)OC. The number of carbonyl (C=O) groups excluding carboxylic acids is 1. The minimum Gasteiger partial charge on any atom is -0.468 e. The van der Waals surface area contributed by atoms with Gasteiger partial charge in [0.2, 0.25) is 0 Å². The Morgan fingerprint density at radius 2 is 2.37 bits per heavy atom. The molecule has 0 spiro atoms. The van der Waals surface area contributed by atoms with Crippen molar-refractivity contribution in [2.75, 3.05) is 47.0 Å². The summed E-state index contributed by atoms with van der Waals surface area (Å²) in [5.74, 6) is 0.464. The van der Waals surface area contributed by atoms with Gasteiger partial charge in [0.05, 0.1) is 13.7 Å². The Kier molecular flexibility index (Phi) is 8.02. The van der Waals surface area contributed by atoms with Gasteiger partial charge in [0.1, 0.15) is 6.04 Å². The first-order chi connectivity index (χ1) is 9.17. The summed E-state index contributed by atoms with van der Waals surface area (Å²) < 4.78 is 10.3. The summed E-state index contributed by atoms with van der Waals surface area (Å²) in [5, 5.41) is 3.17. The molecule has 1 saturated heterocycles. The molecule has 0 aromatic heterocycles. The van der Waals surface area contributed by atoms with Crippen molar-refractivity contribution in [1.29, 1.82) is 0 Å². The summed E-state index contributed by atoms with van der Waals surface area (Å²) >= 11 is 0. The number of hydrogen-bond acceptors (Lipinski definition) is 5. The van der Waals surface area contributed by atoms with Crippen LogP contribution < -0.4 is 5.32 Å². The van der Waals surface area contributed by atoms with Gasteiger partial charge in [-0.25, -0.2) is 0 Å². The van der Waals surface area contributed by atoms with Gasteiger partial charge >= 0.3 is 5.97 Å². The number of esters is 1. The van der Waals surface area contributed by atoms with Crippen LogP contribution in [0.2, 0.25) is 0 Å². The second-order valence-corrected chi connectivity index (χ2v) is 5.27. The van der Waals surface area contributed by atoms with Crippen molar-refractivity contribution in [3.63, 3.8) is 0 Å². The van der Waals surface area contributed by atoms with Gasteiger partial charge in [0.25, 0.3) is 0 Å². The quantitative estimate of drug-likeness (QED) is 0.665. The molecule has 5 heteroatoms. The zero-order valence-corrected chi connectivity index (χ0v) is 12.5. The van der Waals surface area contributed by atoms with E-state index in [1.54, 1.807) is 0 Å². The van der Waals surface area contributed by atoms with Gasteiger partial charge in [-0.05, 0) is 45.3 Å². The highest BCUT2D eigenvalue weighted by molar-refractivity contribution is 5.75. The molecule has 2 atom stereocenters. The van der Waals surface area contributed by atoms with Crippen molar-refractivity contribution < 1.29 is 14.3 Å². The van der Waals surface area contributed by atoms with E-state index >= 15 is 0 Å². The zero-order chi connectivity index (χ0) is 14.1. The van der Waals surface area contributed by atoms with E-state index in [-0.39, 0.29) is 12.0 Å². The van der Waals surface area contributed by atoms with Crippen LogP contribution >= 0.6 is 0 Å². The van der Waals surface area contributed by atoms with E-state index in [9.17, 15) is 4.79 Å². The fraction of sp³-hybridized carbons (Fsp3) is 0.929. The Labute approximate surface area is 116 Å². The summed E-state index contributed by atoms with van der Waals surface area (Å²) in [7, 11) is 3.55. The van der Waals surface area contributed by atoms with Gasteiger partial charge in [0.15, 0.2) is 0 Å². The second-order valence-electron chi connectivity index (χ2n) is 5.27. The van der Waals surface area contributed by atoms with Crippen molar-refractivity contribution in [3.05, 3.63) is 0 Å². The van der Waals surface area contributed by atoms with E-state index in [0.717, 1.165) is 39.3 Å². The molecule has 1 aliphatic heterocycles. The van der Waals surface area contributed by atoms with Crippen LogP contribution in [0.3, 0.4) is 0 Å². The topological polar surface area (TPSA) is 50.8 Å². The van der Waals surface area contributed by atoms with E-state index in [1.165, 1.54) is 20.0 Å². The molecule has 1 fully saturated rings. The number of rotatable bonds is 8. The smallest absolute Gasteiger partial charge is 0.322 e. The normalized spacial score (nSPS) is 21.4. The largest absolute Gasteiger partial charge is 0.468 e. The minimum absolute atomic E-state index is 0.170. The van der Waals surface area contributed by atoms with Crippen LogP contribution in [-0.2, 0) is 14.3 Å². The summed E-state index contributed by atoms with van der Waals surface area (Å²) in [6, 6.07) is -0.194. The Hall–Kier alpha value is -0.650. The van der Waals surface area contributed by atoms with Crippen molar-refractivity contribution in [2.24, 2.45) is 5.92 Å². The van der Waals surface area contributed by atoms with Crippen LogP contribution in [0, 0.1) is 5.92 Å². The zero-order valence-electron chi connectivity index (χ0n) is 12.5. The summed E-state index contributed by atoms with van der Waals surface area (Å²) in [4.78, 5) is 13.9. The molecule has 112 valence electrons. The van der Waals surface area contributed by atoms with Gasteiger partial charge < -0.3 is 19.7 Å². The molecule has 0 amide bonds. The molecule has 1 heterocycles. The molecule has 0 aliphatic carbocycles. The molecule has 0 aromatic carbocycles. The Morgan fingerprint density at radius 3 is 2.95 bits per heavy atom. The second kappa shape index (κ2) is 9.28. The van der Waals surface area contributed by atoms with Crippen molar-refractivity contribution in [3.8, 4) is 0 Å². The van der Waals surface area contributed by atoms with E-state index < -0.39 is 0 Å². The summed E-state index contributed by atoms with van der Waals surface area (Å²) in [5.41, 5.74) is 0. The Balaban J connectivity index is 2.25. The van der Waals surface area contributed by atoms with E-state index in [2.05, 4.69) is 17.3 Å². The Morgan fingerprint density at radius 1 is 1.58 bits per heavy atom. The molecule has 1 rings (SSSR count). The minimum atomic E-state index is -0.194. The van der Waals surface area contributed by atoms with Crippen molar-refractivity contribution in [2.45, 2.75) is 32.2 Å². The van der Waals surface area contributed by atoms with Gasteiger partial charge in [0, 0.05) is 13.2 Å². The molecule has 0 radical (unpaired) electrons. The van der Waals surface area contributed by atoms with Crippen LogP contribution in [0.5, 0.6) is 0 Å². The van der Waals surface area contributed by atoms with Crippen LogP contribution in [0.15, 0.2) is 0 Å². The number of methoxy groups -OCH3 is 1. The third-order valence-electron chi connectivity index (χ3n) is 3.56. The summed E-state index contributed by atoms with van der Waals surface area (Å²) in [6.07, 6.45) is 3.20. The molecule has 0 bridgehead atoms. The first kappa shape index (κ1) is 16.4. The molecule has 1 N–H and O–H groups in total. The molecular formula is C14H28N2O3. The average Bonchev–Trinajstić information content (AvgIpc) is 2.43. The number of ether oxygens (including phenoxy) is 2. The highest BCUT2D eigenvalue weighted by Gasteiger charge is 2.20. The molecule has 19 heavy (non-hydrogen) atoms. The van der Waals surface area contributed by atoms with Crippen LogP contribution in [-0.4, -0.2) is 63.9 Å². The fourth-order valence-electron chi connectivity index (χ4n) is 2.52. The summed E-state index contributed by atoms with van der Waals surface area (Å²) in [6.45, 7) is 6.49. The van der Waals surface area contributed by atoms with Gasteiger partial charge in [-0.3, -0.25) is 4.79 Å². The molecule has 0 saturated carbocycles. The number of likely N-dealkylation sites (N-methyl/N-ethyl adjacent to an activating group) is 1. The lowest BCUT2D eigenvalue weighted by Gasteiger charge is -2.27. The molecule has 5 nitrogen and oxygen atoms in total. The van der Waals surface area contributed by atoms with Crippen LogP contribution in [0.4, 0.5) is 0 Å². The van der Waals surface area contributed by atoms with Gasteiger partial charge in [-0.2, -0.15) is 0 Å². The first-order valence-corrected chi connectivity index (χ1v) is 7.24.